The molecule has 0 unspecified atom stereocenters. The Labute approximate surface area is 170 Å². The Balaban J connectivity index is 1.31. The lowest BCUT2D eigenvalue weighted by atomic mass is 10.0. The first-order valence-electron chi connectivity index (χ1n) is 9.91. The molecule has 0 bridgehead atoms. The zero-order chi connectivity index (χ0) is 19.3. The highest BCUT2D eigenvalue weighted by molar-refractivity contribution is 7.18. The molecule has 3 aromatic rings. The second-order valence-corrected chi connectivity index (χ2v) is 8.18. The van der Waals surface area contributed by atoms with Crippen molar-refractivity contribution in [1.82, 2.24) is 20.3 Å². The summed E-state index contributed by atoms with van der Waals surface area (Å²) in [7, 11) is 1.63. The molecule has 4 heterocycles. The van der Waals surface area contributed by atoms with Gasteiger partial charge in [0.25, 0.3) is 0 Å². The second-order valence-electron chi connectivity index (χ2n) is 7.30. The van der Waals surface area contributed by atoms with E-state index in [1.807, 2.05) is 12.4 Å². The molecular weight excluding hydrogens is 370 g/mol. The number of aromatic nitrogens is 3. The molecule has 0 aromatic carbocycles. The fourth-order valence-electron chi connectivity index (χ4n) is 3.75. The van der Waals surface area contributed by atoms with E-state index >= 15 is 0 Å². The number of methoxy groups -OCH3 is 1. The average molecular weight is 398 g/mol. The van der Waals surface area contributed by atoms with Gasteiger partial charge in [0.1, 0.15) is 0 Å². The van der Waals surface area contributed by atoms with Crippen molar-refractivity contribution < 1.29 is 4.74 Å². The first kappa shape index (κ1) is 19.1. The SMILES string of the molecule is COc1nc(N2CCC(NCCCc3ccncc3)CC2)c2scc(C)c2n1. The van der Waals surface area contributed by atoms with Crippen LogP contribution in [0.4, 0.5) is 5.82 Å². The monoisotopic (exact) mass is 397 g/mol. The van der Waals surface area contributed by atoms with Crippen molar-refractivity contribution in [3.05, 3.63) is 41.0 Å². The van der Waals surface area contributed by atoms with Crippen molar-refractivity contribution >= 4 is 27.4 Å². The van der Waals surface area contributed by atoms with Crippen LogP contribution in [0.1, 0.15) is 30.4 Å². The third kappa shape index (κ3) is 4.25. The van der Waals surface area contributed by atoms with E-state index in [1.54, 1.807) is 18.4 Å². The predicted octanol–water partition coefficient (Wildman–Crippen LogP) is 3.59. The highest BCUT2D eigenvalue weighted by Gasteiger charge is 2.23. The number of fused-ring (bicyclic) bond motifs is 1. The van der Waals surface area contributed by atoms with Gasteiger partial charge in [0.05, 0.1) is 17.3 Å². The lowest BCUT2D eigenvalue weighted by Gasteiger charge is -2.33. The standard InChI is InChI=1S/C21H27N5OS/c1-15-14-28-19-18(15)24-21(27-2)25-20(19)26-12-7-17(8-13-26)23-9-3-4-16-5-10-22-11-6-16/h5-6,10-11,14,17,23H,3-4,7-9,12-13H2,1-2H3. The highest BCUT2D eigenvalue weighted by atomic mass is 32.1. The van der Waals surface area contributed by atoms with Crippen LogP contribution in [0.15, 0.2) is 29.9 Å². The molecule has 6 nitrogen and oxygen atoms in total. The molecule has 1 fully saturated rings. The predicted molar refractivity (Wildman–Crippen MR) is 114 cm³/mol. The van der Waals surface area contributed by atoms with Gasteiger partial charge >= 0.3 is 6.01 Å². The third-order valence-corrected chi connectivity index (χ3v) is 6.44. The average Bonchev–Trinajstić information content (AvgIpc) is 3.12. The number of hydrogen-bond acceptors (Lipinski definition) is 7. The maximum absolute atomic E-state index is 5.34. The topological polar surface area (TPSA) is 63.2 Å². The van der Waals surface area contributed by atoms with Crippen LogP contribution < -0.4 is 15.0 Å². The van der Waals surface area contributed by atoms with Crippen LogP contribution in [-0.2, 0) is 6.42 Å². The van der Waals surface area contributed by atoms with Crippen molar-refractivity contribution in [3.8, 4) is 6.01 Å². The van der Waals surface area contributed by atoms with Crippen molar-refractivity contribution in [2.75, 3.05) is 31.6 Å². The van der Waals surface area contributed by atoms with Crippen LogP contribution in [0.25, 0.3) is 10.2 Å². The molecule has 0 amide bonds. The van der Waals surface area contributed by atoms with Crippen LogP contribution in [0, 0.1) is 6.92 Å². The summed E-state index contributed by atoms with van der Waals surface area (Å²) in [6.07, 6.45) is 8.26. The number of thiophene rings is 1. The minimum Gasteiger partial charge on any atom is -0.467 e. The molecule has 1 N–H and O–H groups in total. The lowest BCUT2D eigenvalue weighted by Crippen LogP contribution is -2.43. The first-order valence-corrected chi connectivity index (χ1v) is 10.8. The minimum atomic E-state index is 0.459. The Hall–Kier alpha value is -2.25. The maximum atomic E-state index is 5.34. The molecule has 0 atom stereocenters. The molecular formula is C21H27N5OS. The summed E-state index contributed by atoms with van der Waals surface area (Å²) in [5.41, 5.74) is 3.57. The van der Waals surface area contributed by atoms with Gasteiger partial charge in [-0.15, -0.1) is 11.3 Å². The third-order valence-electron chi connectivity index (χ3n) is 5.36. The summed E-state index contributed by atoms with van der Waals surface area (Å²) >= 11 is 1.73. The van der Waals surface area contributed by atoms with E-state index in [1.165, 1.54) is 15.8 Å². The smallest absolute Gasteiger partial charge is 0.318 e. The fraction of sp³-hybridized carbons (Fsp3) is 0.476. The van der Waals surface area contributed by atoms with E-state index in [0.717, 1.165) is 56.7 Å². The number of anilines is 1. The number of aryl methyl sites for hydroxylation is 2. The summed E-state index contributed by atoms with van der Waals surface area (Å²) in [6, 6.07) is 5.24. The Morgan fingerprint density at radius 3 is 2.75 bits per heavy atom. The Morgan fingerprint density at radius 1 is 1.21 bits per heavy atom. The Morgan fingerprint density at radius 2 is 2.00 bits per heavy atom. The summed E-state index contributed by atoms with van der Waals surface area (Å²) in [5.74, 6) is 1.02. The van der Waals surface area contributed by atoms with Gasteiger partial charge in [-0.3, -0.25) is 4.98 Å². The summed E-state index contributed by atoms with van der Waals surface area (Å²) in [6.45, 7) is 5.17. The zero-order valence-electron chi connectivity index (χ0n) is 16.5. The molecule has 0 aliphatic carbocycles. The van der Waals surface area contributed by atoms with Gasteiger partial charge in [-0.1, -0.05) is 0 Å². The van der Waals surface area contributed by atoms with Gasteiger partial charge in [0.2, 0.25) is 0 Å². The number of nitrogens with one attached hydrogen (secondary N) is 1. The lowest BCUT2D eigenvalue weighted by molar-refractivity contribution is 0.379. The minimum absolute atomic E-state index is 0.459. The number of nitrogens with zero attached hydrogens (tertiary/aromatic N) is 4. The second kappa shape index (κ2) is 8.84. The largest absolute Gasteiger partial charge is 0.467 e. The van der Waals surface area contributed by atoms with E-state index < -0.39 is 0 Å². The van der Waals surface area contributed by atoms with E-state index in [9.17, 15) is 0 Å². The number of piperidine rings is 1. The van der Waals surface area contributed by atoms with Crippen LogP contribution in [0.2, 0.25) is 0 Å². The maximum Gasteiger partial charge on any atom is 0.318 e. The van der Waals surface area contributed by atoms with Gasteiger partial charge in [-0.25, -0.2) is 0 Å². The number of hydrogen-bond donors (Lipinski definition) is 1. The molecule has 0 spiro atoms. The Bertz CT molecular complexity index is 906. The van der Waals surface area contributed by atoms with E-state index in [4.69, 9.17) is 4.74 Å². The molecule has 148 valence electrons. The first-order chi connectivity index (χ1) is 13.7. The zero-order valence-corrected chi connectivity index (χ0v) is 17.3. The summed E-state index contributed by atoms with van der Waals surface area (Å²) < 4.78 is 6.51. The quantitative estimate of drug-likeness (QED) is 0.615. The molecule has 1 aliphatic heterocycles. The molecule has 0 saturated carbocycles. The van der Waals surface area contributed by atoms with Gasteiger partial charge in [-0.2, -0.15) is 9.97 Å². The molecule has 4 rings (SSSR count). The van der Waals surface area contributed by atoms with Crippen molar-refractivity contribution in [2.45, 2.75) is 38.6 Å². The van der Waals surface area contributed by atoms with E-state index in [2.05, 4.69) is 49.6 Å². The van der Waals surface area contributed by atoms with E-state index in [-0.39, 0.29) is 0 Å². The van der Waals surface area contributed by atoms with Crippen LogP contribution in [-0.4, -0.2) is 47.7 Å². The molecule has 7 heteroatoms. The molecule has 28 heavy (non-hydrogen) atoms. The van der Waals surface area contributed by atoms with Gasteiger partial charge < -0.3 is 15.0 Å². The normalized spacial score (nSPS) is 15.3. The van der Waals surface area contributed by atoms with Crippen molar-refractivity contribution in [3.63, 3.8) is 0 Å². The summed E-state index contributed by atoms with van der Waals surface area (Å²) in [5, 5.41) is 5.88. The summed E-state index contributed by atoms with van der Waals surface area (Å²) in [4.78, 5) is 15.7. The molecule has 1 aliphatic rings. The number of ether oxygens (including phenoxy) is 1. The molecule has 1 saturated heterocycles. The number of rotatable bonds is 7. The van der Waals surface area contributed by atoms with Gasteiger partial charge in [0.15, 0.2) is 5.82 Å². The Kier molecular flexibility index (Phi) is 6.02. The fourth-order valence-corrected chi connectivity index (χ4v) is 4.75. The van der Waals surface area contributed by atoms with Crippen LogP contribution >= 0.6 is 11.3 Å². The van der Waals surface area contributed by atoms with Crippen molar-refractivity contribution in [1.29, 1.82) is 0 Å². The van der Waals surface area contributed by atoms with Crippen LogP contribution in [0.3, 0.4) is 0 Å². The van der Waals surface area contributed by atoms with Gasteiger partial charge in [0, 0.05) is 31.5 Å². The van der Waals surface area contributed by atoms with Crippen LogP contribution in [0.5, 0.6) is 6.01 Å². The highest BCUT2D eigenvalue weighted by Crippen LogP contribution is 2.34. The van der Waals surface area contributed by atoms with Gasteiger partial charge in [-0.05, 0) is 67.8 Å². The molecule has 3 aromatic heterocycles. The number of pyridine rings is 1. The van der Waals surface area contributed by atoms with E-state index in [0.29, 0.717) is 12.1 Å². The molecule has 0 radical (unpaired) electrons. The van der Waals surface area contributed by atoms with Crippen molar-refractivity contribution in [2.24, 2.45) is 0 Å².